The van der Waals surface area contributed by atoms with Gasteiger partial charge in [-0.15, -0.1) is 0 Å². The average Bonchev–Trinajstić information content (AvgIpc) is 2.25. The van der Waals surface area contributed by atoms with E-state index in [0.717, 1.165) is 19.3 Å². The molecule has 0 aromatic rings. The Labute approximate surface area is 98.3 Å². The highest BCUT2D eigenvalue weighted by molar-refractivity contribution is 5.69. The molecule has 4 nitrogen and oxygen atoms in total. The van der Waals surface area contributed by atoms with Crippen LogP contribution in [0, 0.1) is 0 Å². The van der Waals surface area contributed by atoms with Gasteiger partial charge in [-0.05, 0) is 40.0 Å². The standard InChI is InChI=1S/C12H24O4/c1-4-14-11(13)9-7-8-10-12(15-5-2)16-6-3/h12H,4-10H2,1-3H3. The van der Waals surface area contributed by atoms with Gasteiger partial charge in [-0.3, -0.25) is 4.79 Å². The molecule has 4 heteroatoms. The zero-order valence-electron chi connectivity index (χ0n) is 10.7. The van der Waals surface area contributed by atoms with Crippen molar-refractivity contribution in [3.63, 3.8) is 0 Å². The molecule has 0 radical (unpaired) electrons. The van der Waals surface area contributed by atoms with Crippen LogP contribution >= 0.6 is 0 Å². The summed E-state index contributed by atoms with van der Waals surface area (Å²) in [5, 5.41) is 0. The van der Waals surface area contributed by atoms with Gasteiger partial charge < -0.3 is 14.2 Å². The molecule has 96 valence electrons. The third-order valence-electron chi connectivity index (χ3n) is 2.08. The predicted molar refractivity (Wildman–Crippen MR) is 62.1 cm³/mol. The Morgan fingerprint density at radius 2 is 1.62 bits per heavy atom. The van der Waals surface area contributed by atoms with E-state index in [0.29, 0.717) is 26.2 Å². The summed E-state index contributed by atoms with van der Waals surface area (Å²) >= 11 is 0. The number of carbonyl (C=O) groups excluding carboxylic acids is 1. The van der Waals surface area contributed by atoms with Crippen molar-refractivity contribution < 1.29 is 19.0 Å². The summed E-state index contributed by atoms with van der Waals surface area (Å²) in [6.45, 7) is 7.48. The van der Waals surface area contributed by atoms with Gasteiger partial charge in [0.15, 0.2) is 6.29 Å². The first-order chi connectivity index (χ1) is 7.74. The Morgan fingerprint density at radius 1 is 1.00 bits per heavy atom. The second-order valence-corrected chi connectivity index (χ2v) is 3.39. The number of hydrogen-bond donors (Lipinski definition) is 0. The van der Waals surface area contributed by atoms with Gasteiger partial charge >= 0.3 is 5.97 Å². The van der Waals surface area contributed by atoms with E-state index in [9.17, 15) is 4.79 Å². The van der Waals surface area contributed by atoms with Crippen molar-refractivity contribution in [2.45, 2.75) is 52.7 Å². The van der Waals surface area contributed by atoms with Crippen LogP contribution in [0.2, 0.25) is 0 Å². The van der Waals surface area contributed by atoms with E-state index in [1.807, 2.05) is 20.8 Å². The molecule has 0 aliphatic rings. The maximum Gasteiger partial charge on any atom is 0.305 e. The molecule has 0 unspecified atom stereocenters. The molecule has 0 spiro atoms. The van der Waals surface area contributed by atoms with Gasteiger partial charge in [-0.1, -0.05) is 0 Å². The summed E-state index contributed by atoms with van der Waals surface area (Å²) in [6.07, 6.45) is 2.94. The maximum atomic E-state index is 11.1. The highest BCUT2D eigenvalue weighted by atomic mass is 16.7. The monoisotopic (exact) mass is 232 g/mol. The second-order valence-electron chi connectivity index (χ2n) is 3.39. The minimum atomic E-state index is -0.128. The van der Waals surface area contributed by atoms with Gasteiger partial charge in [0, 0.05) is 19.6 Å². The molecule has 0 aromatic heterocycles. The number of esters is 1. The lowest BCUT2D eigenvalue weighted by atomic mass is 10.2. The Bertz CT molecular complexity index is 164. The minimum absolute atomic E-state index is 0.119. The Balaban J connectivity index is 3.49. The molecule has 0 aromatic carbocycles. The summed E-state index contributed by atoms with van der Waals surface area (Å²) in [5.41, 5.74) is 0. The van der Waals surface area contributed by atoms with Crippen molar-refractivity contribution >= 4 is 5.97 Å². The lowest BCUT2D eigenvalue weighted by Gasteiger charge is -2.16. The van der Waals surface area contributed by atoms with Crippen LogP contribution in [0.4, 0.5) is 0 Å². The third kappa shape index (κ3) is 8.68. The van der Waals surface area contributed by atoms with Crippen molar-refractivity contribution in [3.05, 3.63) is 0 Å². The molecule has 0 bridgehead atoms. The fraction of sp³-hybridized carbons (Fsp3) is 0.917. The predicted octanol–water partition coefficient (Wildman–Crippen LogP) is 2.51. The first-order valence-electron chi connectivity index (χ1n) is 6.13. The number of hydrogen-bond acceptors (Lipinski definition) is 4. The van der Waals surface area contributed by atoms with Crippen LogP contribution in [0.5, 0.6) is 0 Å². The summed E-state index contributed by atoms with van der Waals surface area (Å²) in [6, 6.07) is 0. The van der Waals surface area contributed by atoms with Gasteiger partial charge in [0.2, 0.25) is 0 Å². The quantitative estimate of drug-likeness (QED) is 0.330. The van der Waals surface area contributed by atoms with Crippen molar-refractivity contribution in [1.82, 2.24) is 0 Å². The zero-order chi connectivity index (χ0) is 12.2. The summed E-state index contributed by atoms with van der Waals surface area (Å²) < 4.78 is 15.6. The normalized spacial score (nSPS) is 10.8. The summed E-state index contributed by atoms with van der Waals surface area (Å²) in [4.78, 5) is 11.1. The molecular weight excluding hydrogens is 208 g/mol. The fourth-order valence-electron chi connectivity index (χ4n) is 1.40. The highest BCUT2D eigenvalue weighted by Crippen LogP contribution is 2.09. The van der Waals surface area contributed by atoms with E-state index in [1.165, 1.54) is 0 Å². The lowest BCUT2D eigenvalue weighted by Crippen LogP contribution is -2.17. The molecule has 0 aliphatic heterocycles. The molecule has 0 saturated heterocycles. The molecule has 0 heterocycles. The first-order valence-corrected chi connectivity index (χ1v) is 6.13. The maximum absolute atomic E-state index is 11.1. The largest absolute Gasteiger partial charge is 0.466 e. The number of rotatable bonds is 10. The van der Waals surface area contributed by atoms with Crippen LogP contribution < -0.4 is 0 Å². The van der Waals surface area contributed by atoms with E-state index in [2.05, 4.69) is 0 Å². The van der Waals surface area contributed by atoms with Gasteiger partial charge in [0.1, 0.15) is 0 Å². The SMILES string of the molecule is CCOC(=O)CCCCC(OCC)OCC. The van der Waals surface area contributed by atoms with Crippen molar-refractivity contribution in [1.29, 1.82) is 0 Å². The van der Waals surface area contributed by atoms with Gasteiger partial charge in [0.25, 0.3) is 0 Å². The molecule has 0 atom stereocenters. The number of carbonyl (C=O) groups is 1. The molecular formula is C12H24O4. The van der Waals surface area contributed by atoms with Crippen molar-refractivity contribution in [3.8, 4) is 0 Å². The summed E-state index contributed by atoms with van der Waals surface area (Å²) in [7, 11) is 0. The topological polar surface area (TPSA) is 44.8 Å². The number of ether oxygens (including phenoxy) is 3. The Kier molecular flexibility index (Phi) is 10.5. The molecule has 0 N–H and O–H groups in total. The zero-order valence-corrected chi connectivity index (χ0v) is 10.7. The number of unbranched alkanes of at least 4 members (excludes halogenated alkanes) is 1. The molecule has 16 heavy (non-hydrogen) atoms. The van der Waals surface area contributed by atoms with Crippen LogP contribution in [-0.2, 0) is 19.0 Å². The molecule has 0 saturated carbocycles. The van der Waals surface area contributed by atoms with E-state index in [-0.39, 0.29) is 12.3 Å². The van der Waals surface area contributed by atoms with E-state index in [1.54, 1.807) is 0 Å². The van der Waals surface area contributed by atoms with Crippen LogP contribution in [-0.4, -0.2) is 32.1 Å². The van der Waals surface area contributed by atoms with Crippen molar-refractivity contribution in [2.24, 2.45) is 0 Å². The Hall–Kier alpha value is -0.610. The van der Waals surface area contributed by atoms with Gasteiger partial charge in [-0.25, -0.2) is 0 Å². The fourth-order valence-corrected chi connectivity index (χ4v) is 1.40. The third-order valence-corrected chi connectivity index (χ3v) is 2.08. The average molecular weight is 232 g/mol. The molecule has 0 amide bonds. The van der Waals surface area contributed by atoms with Crippen LogP contribution in [0.3, 0.4) is 0 Å². The first kappa shape index (κ1) is 15.4. The van der Waals surface area contributed by atoms with E-state index in [4.69, 9.17) is 14.2 Å². The lowest BCUT2D eigenvalue weighted by molar-refractivity contribution is -0.145. The van der Waals surface area contributed by atoms with Crippen molar-refractivity contribution in [2.75, 3.05) is 19.8 Å². The Morgan fingerprint density at radius 3 is 2.12 bits per heavy atom. The molecule has 0 fully saturated rings. The van der Waals surface area contributed by atoms with Crippen LogP contribution in [0.25, 0.3) is 0 Å². The van der Waals surface area contributed by atoms with E-state index >= 15 is 0 Å². The molecule has 0 aliphatic carbocycles. The van der Waals surface area contributed by atoms with Gasteiger partial charge in [0.05, 0.1) is 6.61 Å². The van der Waals surface area contributed by atoms with Gasteiger partial charge in [-0.2, -0.15) is 0 Å². The smallest absolute Gasteiger partial charge is 0.305 e. The second kappa shape index (κ2) is 10.9. The highest BCUT2D eigenvalue weighted by Gasteiger charge is 2.08. The molecule has 0 rings (SSSR count). The van der Waals surface area contributed by atoms with E-state index < -0.39 is 0 Å². The summed E-state index contributed by atoms with van der Waals surface area (Å²) in [5.74, 6) is -0.119. The van der Waals surface area contributed by atoms with Crippen LogP contribution in [0.15, 0.2) is 0 Å². The minimum Gasteiger partial charge on any atom is -0.466 e. The van der Waals surface area contributed by atoms with Crippen LogP contribution in [0.1, 0.15) is 46.5 Å².